The minimum Gasteiger partial charge on any atom is -0.378 e. The molecule has 0 unspecified atom stereocenters. The van der Waals surface area contributed by atoms with Gasteiger partial charge < -0.3 is 24.8 Å². The molecule has 0 aliphatic carbocycles. The molecule has 13 heteroatoms. The van der Waals surface area contributed by atoms with Crippen LogP contribution >= 0.6 is 0 Å². The Balaban J connectivity index is 1.38. The molecule has 5 heterocycles. The predicted molar refractivity (Wildman–Crippen MR) is 188 cm³/mol. The van der Waals surface area contributed by atoms with Crippen LogP contribution in [0.1, 0.15) is 63.1 Å². The van der Waals surface area contributed by atoms with Crippen molar-refractivity contribution in [3.63, 3.8) is 0 Å². The predicted octanol–water partition coefficient (Wildman–Crippen LogP) is 5.17. The van der Waals surface area contributed by atoms with E-state index in [0.29, 0.717) is 43.6 Å². The van der Waals surface area contributed by atoms with Crippen LogP contribution in [-0.4, -0.2) is 97.8 Å². The van der Waals surface area contributed by atoms with E-state index in [1.54, 1.807) is 12.3 Å². The zero-order valence-corrected chi connectivity index (χ0v) is 29.2. The summed E-state index contributed by atoms with van der Waals surface area (Å²) in [6.07, 6.45) is 6.89. The molecule has 11 nitrogen and oxygen atoms in total. The van der Waals surface area contributed by atoms with E-state index in [1.165, 1.54) is 19.4 Å². The maximum atomic E-state index is 14.8. The van der Waals surface area contributed by atoms with Crippen molar-refractivity contribution >= 4 is 49.8 Å². The number of methoxy groups -OCH3 is 1. The molecule has 0 radical (unpaired) electrons. The first-order chi connectivity index (χ1) is 22.9. The molecule has 4 atom stereocenters. The summed E-state index contributed by atoms with van der Waals surface area (Å²) < 4.78 is 44.1. The maximum absolute atomic E-state index is 14.8. The number of fused-ring (bicyclic) bond motifs is 1. The highest BCUT2D eigenvalue weighted by atomic mass is 32.2. The number of carbonyl (C=O) groups excluding carboxylic acids is 1. The zero-order chi connectivity index (χ0) is 34.3. The Morgan fingerprint density at radius 2 is 1.96 bits per heavy atom. The molecule has 3 saturated heterocycles. The first-order valence-corrected chi connectivity index (χ1v) is 18.8. The van der Waals surface area contributed by atoms with Crippen molar-refractivity contribution in [1.82, 2.24) is 19.9 Å². The van der Waals surface area contributed by atoms with Crippen LogP contribution in [-0.2, 0) is 19.4 Å². The van der Waals surface area contributed by atoms with Gasteiger partial charge in [0.2, 0.25) is 11.9 Å². The Morgan fingerprint density at radius 3 is 2.65 bits per heavy atom. The largest absolute Gasteiger partial charge is 0.378 e. The van der Waals surface area contributed by atoms with Crippen molar-refractivity contribution in [2.45, 2.75) is 70.3 Å². The smallest absolute Gasteiger partial charge is 0.246 e. The molecule has 2 aromatic heterocycles. The SMILES string of the molecule is C=CC(=O)N1CCC[C@@H]1c1cc(N2CC(CS(C)(=O)=O)C2)c2cnc(Nc3ccnc(N4C[C@@H](F)[C@@H](OC)C[C@H]4C)n3)cc2c1C(C)C. The Morgan fingerprint density at radius 1 is 1.19 bits per heavy atom. The van der Waals surface area contributed by atoms with E-state index < -0.39 is 22.1 Å². The Bertz CT molecular complexity index is 1800. The number of hydrogen-bond acceptors (Lipinski definition) is 10. The van der Waals surface area contributed by atoms with Crippen molar-refractivity contribution in [2.24, 2.45) is 5.92 Å². The summed E-state index contributed by atoms with van der Waals surface area (Å²) in [5.41, 5.74) is 3.24. The second-order valence-electron chi connectivity index (χ2n) is 13.8. The van der Waals surface area contributed by atoms with Crippen LogP contribution in [0.5, 0.6) is 0 Å². The summed E-state index contributed by atoms with van der Waals surface area (Å²) in [5, 5.41) is 5.34. The summed E-state index contributed by atoms with van der Waals surface area (Å²) in [7, 11) is -1.55. The van der Waals surface area contributed by atoms with Crippen molar-refractivity contribution in [2.75, 3.05) is 60.4 Å². The number of halogens is 1. The van der Waals surface area contributed by atoms with Gasteiger partial charge in [-0.25, -0.2) is 22.8 Å². The first-order valence-electron chi connectivity index (χ1n) is 16.7. The van der Waals surface area contributed by atoms with E-state index in [1.807, 2.05) is 29.0 Å². The van der Waals surface area contributed by atoms with Crippen molar-refractivity contribution in [3.8, 4) is 0 Å². The number of alkyl halides is 1. The number of sulfone groups is 1. The van der Waals surface area contributed by atoms with Gasteiger partial charge in [-0.1, -0.05) is 20.4 Å². The van der Waals surface area contributed by atoms with Crippen molar-refractivity contribution in [3.05, 3.63) is 54.4 Å². The van der Waals surface area contributed by atoms with Crippen LogP contribution in [0.4, 0.5) is 27.7 Å². The number of pyridine rings is 1. The molecule has 3 aliphatic rings. The highest BCUT2D eigenvalue weighted by molar-refractivity contribution is 7.90. The second kappa shape index (κ2) is 13.6. The fourth-order valence-electron chi connectivity index (χ4n) is 7.67. The molecular weight excluding hydrogens is 633 g/mol. The van der Waals surface area contributed by atoms with E-state index in [4.69, 9.17) is 14.7 Å². The third-order valence-electron chi connectivity index (χ3n) is 9.90. The van der Waals surface area contributed by atoms with E-state index in [0.717, 1.165) is 40.4 Å². The van der Waals surface area contributed by atoms with E-state index in [2.05, 4.69) is 41.7 Å². The van der Waals surface area contributed by atoms with Crippen LogP contribution < -0.4 is 15.1 Å². The van der Waals surface area contributed by atoms with Gasteiger partial charge >= 0.3 is 0 Å². The number of ether oxygens (including phenoxy) is 1. The van der Waals surface area contributed by atoms with Crippen molar-refractivity contribution in [1.29, 1.82) is 0 Å². The molecule has 1 amide bonds. The number of anilines is 4. The molecule has 1 N–H and O–H groups in total. The number of aromatic nitrogens is 3. The van der Waals surface area contributed by atoms with Gasteiger partial charge in [-0.3, -0.25) is 4.79 Å². The molecule has 6 rings (SSSR count). The number of rotatable bonds is 10. The minimum atomic E-state index is -3.09. The van der Waals surface area contributed by atoms with E-state index >= 15 is 0 Å². The third-order valence-corrected chi connectivity index (χ3v) is 11.0. The molecule has 0 spiro atoms. The molecule has 0 bridgehead atoms. The number of benzene rings is 1. The van der Waals surface area contributed by atoms with Gasteiger partial charge in [-0.15, -0.1) is 0 Å². The monoisotopic (exact) mass is 679 g/mol. The van der Waals surface area contributed by atoms with Gasteiger partial charge in [0.05, 0.1) is 24.4 Å². The summed E-state index contributed by atoms with van der Waals surface area (Å²) in [5.74, 6) is 1.84. The fraction of sp³-hybridized carbons (Fsp3) is 0.543. The van der Waals surface area contributed by atoms with Gasteiger partial charge in [0.15, 0.2) is 0 Å². The van der Waals surface area contributed by atoms with Gasteiger partial charge in [0.1, 0.15) is 27.6 Å². The zero-order valence-electron chi connectivity index (χ0n) is 28.4. The number of amides is 1. The standard InChI is InChI=1S/C35H46FN7O4S/c1-7-33(44)42-12-8-9-28(42)25-14-29(41-17-23(18-41)20-48(6,45)46)26-16-38-32(15-24(26)34(25)21(2)3)39-31-10-11-37-35(40-31)43-19-27(36)30(47-5)13-22(43)4/h7,10-11,14-16,21-23,27-28,30H,1,8-9,12-13,17-20H2,2-6H3,(H,37,38,39,40)/t22-,27-,28-,30+/m1/s1. The van der Waals surface area contributed by atoms with Gasteiger partial charge in [-0.05, 0) is 72.9 Å². The number of hydrogen-bond donors (Lipinski definition) is 1. The van der Waals surface area contributed by atoms with Crippen LogP contribution in [0.2, 0.25) is 0 Å². The second-order valence-corrected chi connectivity index (χ2v) is 16.0. The van der Waals surface area contributed by atoms with Crippen molar-refractivity contribution < 1.29 is 22.3 Å². The summed E-state index contributed by atoms with van der Waals surface area (Å²) in [6, 6.07) is 5.90. The number of piperidine rings is 1. The average Bonchev–Trinajstić information content (AvgIpc) is 3.52. The number of likely N-dealkylation sites (tertiary alicyclic amines) is 1. The van der Waals surface area contributed by atoms with Crippen LogP contribution in [0.15, 0.2) is 43.2 Å². The van der Waals surface area contributed by atoms with Crippen LogP contribution in [0.3, 0.4) is 0 Å². The lowest BCUT2D eigenvalue weighted by atomic mass is 9.85. The number of carbonyl (C=O) groups is 1. The van der Waals surface area contributed by atoms with E-state index in [-0.39, 0.29) is 42.1 Å². The Labute approximate surface area is 282 Å². The molecule has 258 valence electrons. The lowest BCUT2D eigenvalue weighted by Crippen LogP contribution is -2.51. The van der Waals surface area contributed by atoms with Gasteiger partial charge in [0.25, 0.3) is 0 Å². The maximum Gasteiger partial charge on any atom is 0.246 e. The van der Waals surface area contributed by atoms with E-state index in [9.17, 15) is 17.6 Å². The molecule has 3 aliphatic heterocycles. The Kier molecular flexibility index (Phi) is 9.63. The molecule has 3 aromatic rings. The average molecular weight is 680 g/mol. The summed E-state index contributed by atoms with van der Waals surface area (Å²) in [4.78, 5) is 32.9. The topological polar surface area (TPSA) is 121 Å². The molecular formula is C35H46FN7O4S. The fourth-order valence-corrected chi connectivity index (χ4v) is 8.74. The van der Waals surface area contributed by atoms with Gasteiger partial charge in [0, 0.05) is 68.4 Å². The molecule has 0 saturated carbocycles. The summed E-state index contributed by atoms with van der Waals surface area (Å²) >= 11 is 0. The highest BCUT2D eigenvalue weighted by Gasteiger charge is 2.37. The van der Waals surface area contributed by atoms with Crippen LogP contribution in [0.25, 0.3) is 10.8 Å². The molecule has 48 heavy (non-hydrogen) atoms. The lowest BCUT2D eigenvalue weighted by molar-refractivity contribution is -0.126. The quantitative estimate of drug-likeness (QED) is 0.287. The first kappa shape index (κ1) is 34.0. The third kappa shape index (κ3) is 6.84. The highest BCUT2D eigenvalue weighted by Crippen LogP contribution is 2.45. The Hall–Kier alpha value is -3.84. The number of nitrogens with one attached hydrogen (secondary N) is 1. The minimum absolute atomic E-state index is 0.00287. The summed E-state index contributed by atoms with van der Waals surface area (Å²) in [6.45, 7) is 12.2. The van der Waals surface area contributed by atoms with Crippen LogP contribution in [0, 0.1) is 5.92 Å². The number of nitrogens with zero attached hydrogens (tertiary/aromatic N) is 6. The lowest BCUT2D eigenvalue weighted by Gasteiger charge is -2.42. The molecule has 1 aromatic carbocycles. The normalized spacial score (nSPS) is 23.5. The van der Waals surface area contributed by atoms with Gasteiger partial charge in [-0.2, -0.15) is 4.98 Å². The molecule has 3 fully saturated rings.